The maximum Gasteiger partial charge on any atom is -0.0102 e. The predicted molar refractivity (Wildman–Crippen MR) is 58.9 cm³/mol. The first kappa shape index (κ1) is 11.3. The van der Waals surface area contributed by atoms with Crippen LogP contribution in [-0.2, 0) is 0 Å². The van der Waals surface area contributed by atoms with Crippen LogP contribution in [-0.4, -0.2) is 0 Å². The summed E-state index contributed by atoms with van der Waals surface area (Å²) in [5.74, 6) is 11.0. The van der Waals surface area contributed by atoms with Crippen molar-refractivity contribution < 1.29 is 0 Å². The second-order valence-electron chi connectivity index (χ2n) is 2.23. The van der Waals surface area contributed by atoms with Crippen molar-refractivity contribution in [2.75, 3.05) is 0 Å². The number of hydrogen-bond donors (Lipinski definition) is 0. The van der Waals surface area contributed by atoms with Crippen LogP contribution in [0, 0.1) is 23.7 Å². The Morgan fingerprint density at radius 1 is 1.00 bits per heavy atom. The second kappa shape index (κ2) is 10.3. The molecule has 0 nitrogen and oxygen atoms in total. The van der Waals surface area contributed by atoms with Crippen LogP contribution in [0.2, 0.25) is 0 Å². The largest absolute Gasteiger partial charge is 0.0848 e. The van der Waals surface area contributed by atoms with Crippen LogP contribution < -0.4 is 0 Å². The maximum absolute atomic E-state index is 2.81. The molecule has 0 bridgehead atoms. The van der Waals surface area contributed by atoms with Crippen molar-refractivity contribution in [3.05, 3.63) is 36.5 Å². The standard InChI is InChI=1S/C13H14/c1-3-5-7-9-11-13-12-10-8-6-4-2/h3,5-6,8,10,12H,4H2,1-2H3/b5-3-,8-6-,12-10-. The zero-order chi connectivity index (χ0) is 9.78. The van der Waals surface area contributed by atoms with Gasteiger partial charge in [-0.3, -0.25) is 0 Å². The molecule has 0 heterocycles. The molecule has 0 amide bonds. The molecular formula is C13H14. The fraction of sp³-hybridized carbons (Fsp3) is 0.231. The molecule has 0 radical (unpaired) electrons. The average molecular weight is 170 g/mol. The van der Waals surface area contributed by atoms with Crippen molar-refractivity contribution >= 4 is 0 Å². The van der Waals surface area contributed by atoms with Crippen molar-refractivity contribution in [2.24, 2.45) is 0 Å². The molecule has 0 spiro atoms. The van der Waals surface area contributed by atoms with Crippen LogP contribution in [0.3, 0.4) is 0 Å². The monoisotopic (exact) mass is 170 g/mol. The third-order valence-electron chi connectivity index (χ3n) is 1.12. The molecule has 0 rings (SSSR count). The van der Waals surface area contributed by atoms with Crippen LogP contribution in [0.1, 0.15) is 20.3 Å². The Balaban J connectivity index is 3.81. The molecule has 0 aliphatic carbocycles. The Kier molecular flexibility index (Phi) is 9.02. The highest BCUT2D eigenvalue weighted by Gasteiger charge is 1.61. The summed E-state index contributed by atoms with van der Waals surface area (Å²) in [5, 5.41) is 0. The Morgan fingerprint density at radius 2 is 1.69 bits per heavy atom. The highest BCUT2D eigenvalue weighted by Crippen LogP contribution is 1.80. The van der Waals surface area contributed by atoms with E-state index in [2.05, 4.69) is 36.7 Å². The molecule has 13 heavy (non-hydrogen) atoms. The molecule has 0 aromatic heterocycles. The van der Waals surface area contributed by atoms with E-state index in [1.165, 1.54) is 0 Å². The van der Waals surface area contributed by atoms with E-state index in [-0.39, 0.29) is 0 Å². The van der Waals surface area contributed by atoms with Gasteiger partial charge in [0.05, 0.1) is 0 Å². The van der Waals surface area contributed by atoms with Gasteiger partial charge in [0.2, 0.25) is 0 Å². The van der Waals surface area contributed by atoms with Gasteiger partial charge in [-0.05, 0) is 37.3 Å². The van der Waals surface area contributed by atoms with Crippen LogP contribution in [0.4, 0.5) is 0 Å². The van der Waals surface area contributed by atoms with Gasteiger partial charge in [-0.15, -0.1) is 0 Å². The Hall–Kier alpha value is -1.66. The molecule has 0 heteroatoms. The molecule has 66 valence electrons. The summed E-state index contributed by atoms with van der Waals surface area (Å²) in [4.78, 5) is 0. The lowest BCUT2D eigenvalue weighted by molar-refractivity contribution is 1.22. The van der Waals surface area contributed by atoms with E-state index in [0.717, 1.165) is 6.42 Å². The molecule has 0 aliphatic heterocycles. The maximum atomic E-state index is 2.81. The van der Waals surface area contributed by atoms with Crippen molar-refractivity contribution in [3.8, 4) is 23.7 Å². The van der Waals surface area contributed by atoms with E-state index in [4.69, 9.17) is 0 Å². The van der Waals surface area contributed by atoms with Crippen molar-refractivity contribution in [1.82, 2.24) is 0 Å². The fourth-order valence-corrected chi connectivity index (χ4v) is 0.557. The topological polar surface area (TPSA) is 0 Å². The zero-order valence-electron chi connectivity index (χ0n) is 8.17. The van der Waals surface area contributed by atoms with Gasteiger partial charge in [-0.2, -0.15) is 0 Å². The van der Waals surface area contributed by atoms with Crippen molar-refractivity contribution in [1.29, 1.82) is 0 Å². The van der Waals surface area contributed by atoms with Gasteiger partial charge in [0.25, 0.3) is 0 Å². The summed E-state index contributed by atoms with van der Waals surface area (Å²) in [6.07, 6.45) is 12.5. The van der Waals surface area contributed by atoms with E-state index in [9.17, 15) is 0 Å². The van der Waals surface area contributed by atoms with Crippen LogP contribution >= 0.6 is 0 Å². The Labute approximate surface area is 81.0 Å². The number of allylic oxidation sites excluding steroid dienone is 6. The predicted octanol–water partition coefficient (Wildman–Crippen LogP) is 3.09. The molecule has 0 saturated heterocycles. The third kappa shape index (κ3) is 10.3. The Bertz CT molecular complexity index is 305. The van der Waals surface area contributed by atoms with Gasteiger partial charge in [0.15, 0.2) is 0 Å². The zero-order valence-corrected chi connectivity index (χ0v) is 8.17. The van der Waals surface area contributed by atoms with Gasteiger partial charge in [0, 0.05) is 0 Å². The van der Waals surface area contributed by atoms with E-state index in [1.54, 1.807) is 12.2 Å². The fourth-order valence-electron chi connectivity index (χ4n) is 0.557. The highest BCUT2D eigenvalue weighted by atomic mass is 13.7. The second-order valence-corrected chi connectivity index (χ2v) is 2.23. The molecule has 0 aromatic carbocycles. The van der Waals surface area contributed by atoms with Crippen LogP contribution in [0.15, 0.2) is 36.5 Å². The van der Waals surface area contributed by atoms with Gasteiger partial charge in [-0.25, -0.2) is 0 Å². The first-order valence-corrected chi connectivity index (χ1v) is 4.35. The number of hydrogen-bond acceptors (Lipinski definition) is 0. The molecule has 0 unspecified atom stereocenters. The summed E-state index contributed by atoms with van der Waals surface area (Å²) >= 11 is 0. The van der Waals surface area contributed by atoms with E-state index in [0.29, 0.717) is 0 Å². The summed E-state index contributed by atoms with van der Waals surface area (Å²) in [5.41, 5.74) is 0. The van der Waals surface area contributed by atoms with E-state index in [1.807, 2.05) is 25.2 Å². The SMILES string of the molecule is C/C=C\C#CC#C/C=C\C=C/CC. The minimum Gasteiger partial charge on any atom is -0.0848 e. The first-order valence-electron chi connectivity index (χ1n) is 4.35. The molecule has 0 saturated carbocycles. The first-order chi connectivity index (χ1) is 6.41. The van der Waals surface area contributed by atoms with E-state index < -0.39 is 0 Å². The van der Waals surface area contributed by atoms with Gasteiger partial charge in [0.1, 0.15) is 0 Å². The summed E-state index contributed by atoms with van der Waals surface area (Å²) in [7, 11) is 0. The molecule has 0 aliphatic rings. The van der Waals surface area contributed by atoms with Crippen LogP contribution in [0.5, 0.6) is 0 Å². The number of rotatable bonds is 2. The molecule has 0 N–H and O–H groups in total. The van der Waals surface area contributed by atoms with Gasteiger partial charge >= 0.3 is 0 Å². The summed E-state index contributed by atoms with van der Waals surface area (Å²) in [6, 6.07) is 0. The molecule has 0 atom stereocenters. The summed E-state index contributed by atoms with van der Waals surface area (Å²) < 4.78 is 0. The average Bonchev–Trinajstić information content (AvgIpc) is 2.16. The van der Waals surface area contributed by atoms with Gasteiger partial charge < -0.3 is 0 Å². The Morgan fingerprint density at radius 3 is 2.31 bits per heavy atom. The minimum absolute atomic E-state index is 1.05. The normalized spacial score (nSPS) is 10.0. The van der Waals surface area contributed by atoms with Crippen molar-refractivity contribution in [3.63, 3.8) is 0 Å². The van der Waals surface area contributed by atoms with Crippen LogP contribution in [0.25, 0.3) is 0 Å². The van der Waals surface area contributed by atoms with E-state index >= 15 is 0 Å². The lowest BCUT2D eigenvalue weighted by atomic mass is 10.4. The molecule has 0 aromatic rings. The molecule has 0 fully saturated rings. The smallest absolute Gasteiger partial charge is 0.0102 e. The summed E-state index contributed by atoms with van der Waals surface area (Å²) in [6.45, 7) is 4.02. The third-order valence-corrected chi connectivity index (χ3v) is 1.12. The van der Waals surface area contributed by atoms with Gasteiger partial charge in [-0.1, -0.05) is 43.1 Å². The highest BCUT2D eigenvalue weighted by molar-refractivity contribution is 5.34. The minimum atomic E-state index is 1.05. The lowest BCUT2D eigenvalue weighted by Gasteiger charge is -1.71. The molecular weight excluding hydrogens is 156 g/mol. The van der Waals surface area contributed by atoms with Crippen molar-refractivity contribution in [2.45, 2.75) is 20.3 Å². The lowest BCUT2D eigenvalue weighted by Crippen LogP contribution is -1.54. The quantitative estimate of drug-likeness (QED) is 0.441.